The molecule has 0 saturated heterocycles. The van der Waals surface area contributed by atoms with Crippen LogP contribution in [0.2, 0.25) is 0 Å². The number of carboxylic acids is 2. The Bertz CT molecular complexity index is 374. The monoisotopic (exact) mass is 262 g/mol. The van der Waals surface area contributed by atoms with Gasteiger partial charge >= 0.3 is 0 Å². The van der Waals surface area contributed by atoms with Gasteiger partial charge in [0.25, 0.3) is 0 Å². The molecule has 0 aliphatic heterocycles. The molecule has 0 radical (unpaired) electrons. The van der Waals surface area contributed by atoms with Crippen molar-refractivity contribution in [2.24, 2.45) is 0 Å². The smallest absolute Gasteiger partial charge is 0.0742 e. The van der Waals surface area contributed by atoms with Gasteiger partial charge in [0.1, 0.15) is 0 Å². The highest BCUT2D eigenvalue weighted by Crippen LogP contribution is 2.39. The molecule has 0 aliphatic carbocycles. The van der Waals surface area contributed by atoms with E-state index in [1.54, 1.807) is 12.5 Å². The van der Waals surface area contributed by atoms with E-state index in [0.29, 0.717) is 8.42 Å². The fraction of sp³-hybridized carbons (Fsp3) is 0.250. The van der Waals surface area contributed by atoms with Crippen molar-refractivity contribution in [2.45, 2.75) is 8.42 Å². The highest BCUT2D eigenvalue weighted by atomic mass is 32.2. The third kappa shape index (κ3) is 2.30. The molecule has 0 aliphatic rings. The summed E-state index contributed by atoms with van der Waals surface area (Å²) in [6, 6.07) is 0. The van der Waals surface area contributed by atoms with E-state index in [1.807, 2.05) is 0 Å². The summed E-state index contributed by atoms with van der Waals surface area (Å²) in [5, 5.41) is 21.6. The summed E-state index contributed by atoms with van der Waals surface area (Å²) in [6.45, 7) is 0. The number of carbonyl (C=O) groups excluding carboxylic acids is 2. The molecule has 0 amide bonds. The summed E-state index contributed by atoms with van der Waals surface area (Å²) in [4.78, 5) is 21.6. The first kappa shape index (κ1) is 12.4. The number of aromatic carboxylic acids is 2. The number of rotatable bonds is 4. The van der Waals surface area contributed by atoms with Crippen LogP contribution in [0.3, 0.4) is 0 Å². The predicted octanol–water partition coefficient (Wildman–Crippen LogP) is -0.0811. The van der Waals surface area contributed by atoms with Crippen LogP contribution < -0.4 is 10.2 Å². The van der Waals surface area contributed by atoms with Crippen molar-refractivity contribution in [1.29, 1.82) is 0 Å². The van der Waals surface area contributed by atoms with Crippen molar-refractivity contribution in [3.63, 3.8) is 0 Å². The Labute approximate surface area is 98.7 Å². The van der Waals surface area contributed by atoms with Crippen LogP contribution in [0.15, 0.2) is 8.42 Å². The summed E-state index contributed by atoms with van der Waals surface area (Å²) >= 11 is 3.50. The average molecular weight is 262 g/mol. The zero-order valence-corrected chi connectivity index (χ0v) is 10.3. The summed E-state index contributed by atoms with van der Waals surface area (Å²) in [7, 11) is 0. The molecule has 82 valence electrons. The third-order valence-electron chi connectivity index (χ3n) is 1.62. The number of thioether (sulfide) groups is 2. The van der Waals surface area contributed by atoms with Crippen LogP contribution >= 0.6 is 34.9 Å². The van der Waals surface area contributed by atoms with Gasteiger partial charge in [0.15, 0.2) is 0 Å². The maximum atomic E-state index is 10.8. The van der Waals surface area contributed by atoms with E-state index < -0.39 is 11.9 Å². The van der Waals surface area contributed by atoms with E-state index in [2.05, 4.69) is 0 Å². The third-order valence-corrected chi connectivity index (χ3v) is 5.05. The first-order valence-electron chi connectivity index (χ1n) is 3.70. The topological polar surface area (TPSA) is 80.3 Å². The van der Waals surface area contributed by atoms with E-state index in [1.165, 1.54) is 23.5 Å². The highest BCUT2D eigenvalue weighted by molar-refractivity contribution is 8.02. The molecule has 1 rings (SSSR count). The number of carbonyl (C=O) groups is 2. The molecular formula is C8H6O4S3-2. The van der Waals surface area contributed by atoms with Gasteiger partial charge in [-0.25, -0.2) is 0 Å². The molecule has 15 heavy (non-hydrogen) atoms. The Morgan fingerprint density at radius 1 is 1.00 bits per heavy atom. The minimum Gasteiger partial charge on any atom is -0.545 e. The van der Waals surface area contributed by atoms with Gasteiger partial charge in [0.05, 0.1) is 20.4 Å². The fourth-order valence-electron chi connectivity index (χ4n) is 1.05. The number of thiophene rings is 1. The van der Waals surface area contributed by atoms with Crippen molar-refractivity contribution in [3.05, 3.63) is 11.1 Å². The zero-order valence-electron chi connectivity index (χ0n) is 7.86. The second-order valence-corrected chi connectivity index (χ2v) is 5.58. The van der Waals surface area contributed by atoms with Crippen molar-refractivity contribution < 1.29 is 19.8 Å². The van der Waals surface area contributed by atoms with Crippen molar-refractivity contribution in [3.8, 4) is 0 Å². The Morgan fingerprint density at radius 3 is 1.53 bits per heavy atom. The van der Waals surface area contributed by atoms with Crippen LogP contribution in [0.5, 0.6) is 0 Å². The molecule has 7 heteroatoms. The lowest BCUT2D eigenvalue weighted by Gasteiger charge is -2.08. The number of carboxylic acid groups (broad SMARTS) is 2. The molecule has 0 bridgehead atoms. The molecule has 0 spiro atoms. The molecule has 4 nitrogen and oxygen atoms in total. The van der Waals surface area contributed by atoms with Crippen molar-refractivity contribution in [1.82, 2.24) is 0 Å². The van der Waals surface area contributed by atoms with Gasteiger partial charge in [-0.05, 0) is 12.5 Å². The van der Waals surface area contributed by atoms with Crippen LogP contribution in [0, 0.1) is 0 Å². The highest BCUT2D eigenvalue weighted by Gasteiger charge is 2.18. The lowest BCUT2D eigenvalue weighted by atomic mass is 10.2. The van der Waals surface area contributed by atoms with Gasteiger partial charge in [-0.2, -0.15) is 0 Å². The van der Waals surface area contributed by atoms with Gasteiger partial charge < -0.3 is 19.8 Å². The normalized spacial score (nSPS) is 10.3. The quantitative estimate of drug-likeness (QED) is 0.706. The van der Waals surface area contributed by atoms with Crippen LogP contribution in [-0.2, 0) is 0 Å². The fourth-order valence-corrected chi connectivity index (χ4v) is 3.90. The summed E-state index contributed by atoms with van der Waals surface area (Å²) in [5.74, 6) is -2.95. The summed E-state index contributed by atoms with van der Waals surface area (Å²) in [6.07, 6.45) is 3.36. The maximum Gasteiger partial charge on any atom is 0.0742 e. The van der Waals surface area contributed by atoms with Crippen molar-refractivity contribution >= 4 is 46.8 Å². The number of hydrogen-bond acceptors (Lipinski definition) is 7. The molecule has 0 N–H and O–H groups in total. The van der Waals surface area contributed by atoms with Gasteiger partial charge in [-0.3, -0.25) is 0 Å². The lowest BCUT2D eigenvalue weighted by Crippen LogP contribution is -2.29. The Morgan fingerprint density at radius 2 is 1.33 bits per heavy atom. The van der Waals surface area contributed by atoms with Gasteiger partial charge in [-0.1, -0.05) is 0 Å². The molecule has 1 aromatic heterocycles. The van der Waals surface area contributed by atoms with Crippen molar-refractivity contribution in [2.75, 3.05) is 12.5 Å². The van der Waals surface area contributed by atoms with Crippen LogP contribution in [0.1, 0.15) is 20.7 Å². The molecule has 1 aromatic rings. The molecule has 0 aromatic carbocycles. The molecule has 1 heterocycles. The maximum absolute atomic E-state index is 10.8. The van der Waals surface area contributed by atoms with Gasteiger partial charge in [0.2, 0.25) is 0 Å². The molecule has 0 atom stereocenters. The lowest BCUT2D eigenvalue weighted by molar-refractivity contribution is -0.260. The predicted molar refractivity (Wildman–Crippen MR) is 56.5 cm³/mol. The standard InChI is InChI=1S/C8H8O4S3/c1-13-7-3(5(9)10)4(6(11)12)8(14-2)15-7/h1-2H3,(H,9,10)(H,11,12)/p-2. The average Bonchev–Trinajstić information content (AvgIpc) is 2.55. The second-order valence-electron chi connectivity index (χ2n) is 2.41. The summed E-state index contributed by atoms with van der Waals surface area (Å²) in [5.41, 5.74) is -0.534. The zero-order chi connectivity index (χ0) is 11.6. The van der Waals surface area contributed by atoms with Crippen LogP contribution in [-0.4, -0.2) is 24.5 Å². The molecule has 0 fully saturated rings. The SMILES string of the molecule is CSc1sc(SC)c(C(=O)[O-])c1C(=O)[O-]. The summed E-state index contributed by atoms with van der Waals surface area (Å²) < 4.78 is 0.858. The van der Waals surface area contributed by atoms with E-state index in [-0.39, 0.29) is 11.1 Å². The minimum absolute atomic E-state index is 0.267. The first-order valence-corrected chi connectivity index (χ1v) is 6.97. The largest absolute Gasteiger partial charge is 0.545 e. The van der Waals surface area contributed by atoms with E-state index >= 15 is 0 Å². The molecular weight excluding hydrogens is 256 g/mol. The van der Waals surface area contributed by atoms with Gasteiger partial charge in [-0.15, -0.1) is 34.9 Å². The van der Waals surface area contributed by atoms with Gasteiger partial charge in [0, 0.05) is 11.1 Å². The molecule has 0 saturated carbocycles. The Hall–Kier alpha value is -0.660. The molecule has 0 unspecified atom stereocenters. The van der Waals surface area contributed by atoms with E-state index in [4.69, 9.17) is 0 Å². The second kappa shape index (κ2) is 4.91. The Kier molecular flexibility index (Phi) is 4.06. The Balaban J connectivity index is 3.48. The number of hydrogen-bond donors (Lipinski definition) is 0. The minimum atomic E-state index is -1.48. The van der Waals surface area contributed by atoms with E-state index in [0.717, 1.165) is 11.3 Å². The first-order chi connectivity index (χ1) is 7.02. The van der Waals surface area contributed by atoms with Crippen LogP contribution in [0.25, 0.3) is 0 Å². The van der Waals surface area contributed by atoms with E-state index in [9.17, 15) is 19.8 Å². The van der Waals surface area contributed by atoms with Crippen LogP contribution in [0.4, 0.5) is 0 Å².